The van der Waals surface area contributed by atoms with Crippen molar-refractivity contribution in [2.75, 3.05) is 33.0 Å². The third-order valence-electron chi connectivity index (χ3n) is 5.40. The van der Waals surface area contributed by atoms with Crippen molar-refractivity contribution in [1.82, 2.24) is 10.2 Å². The zero-order valence-corrected chi connectivity index (χ0v) is 18.9. The lowest BCUT2D eigenvalue weighted by molar-refractivity contribution is 0.402. The van der Waals surface area contributed by atoms with Crippen molar-refractivity contribution in [2.45, 2.75) is 25.9 Å². The van der Waals surface area contributed by atoms with Crippen LogP contribution in [-0.2, 0) is 6.54 Å². The molecule has 3 rings (SSSR count). The Morgan fingerprint density at radius 1 is 1.23 bits per heavy atom. The van der Waals surface area contributed by atoms with Gasteiger partial charge in [-0.1, -0.05) is 24.3 Å². The van der Waals surface area contributed by atoms with Crippen LogP contribution in [-0.4, -0.2) is 38.8 Å². The van der Waals surface area contributed by atoms with Crippen molar-refractivity contribution in [3.63, 3.8) is 0 Å². The average molecular weight is 419 g/mol. The van der Waals surface area contributed by atoms with E-state index in [1.807, 2.05) is 6.92 Å². The zero-order chi connectivity index (χ0) is 22.4. The first-order valence-corrected chi connectivity index (χ1v) is 10.6. The highest BCUT2D eigenvalue weighted by Gasteiger charge is 2.23. The minimum Gasteiger partial charge on any atom is -0.404 e. The molecule has 164 valence electrons. The molecular weight excluding hydrogens is 384 g/mol. The van der Waals surface area contributed by atoms with Gasteiger partial charge in [-0.05, 0) is 62.3 Å². The highest BCUT2D eigenvalue weighted by atomic mass is 15.0. The summed E-state index contributed by atoms with van der Waals surface area (Å²) in [7, 11) is 5.91. The van der Waals surface area contributed by atoms with Crippen LogP contribution in [0.2, 0.25) is 0 Å². The summed E-state index contributed by atoms with van der Waals surface area (Å²) in [5.74, 6) is 0. The first-order chi connectivity index (χ1) is 14.9. The van der Waals surface area contributed by atoms with E-state index in [0.717, 1.165) is 53.3 Å². The molecular formula is C25H34N6. The molecule has 0 saturated carbocycles. The normalized spacial score (nSPS) is 18.5. The van der Waals surface area contributed by atoms with E-state index in [1.165, 1.54) is 11.1 Å². The van der Waals surface area contributed by atoms with Crippen molar-refractivity contribution in [1.29, 1.82) is 0 Å². The van der Waals surface area contributed by atoms with Crippen LogP contribution in [0.25, 0.3) is 11.3 Å². The number of nitrogens with one attached hydrogen (secondary N) is 2. The van der Waals surface area contributed by atoms with Crippen LogP contribution in [0.1, 0.15) is 41.6 Å². The van der Waals surface area contributed by atoms with Crippen LogP contribution in [0.15, 0.2) is 59.4 Å². The maximum atomic E-state index is 6.22. The lowest BCUT2D eigenvalue weighted by Crippen LogP contribution is -2.16. The van der Waals surface area contributed by atoms with E-state index in [4.69, 9.17) is 11.5 Å². The molecule has 6 N–H and O–H groups in total. The molecule has 6 nitrogen and oxygen atoms in total. The van der Waals surface area contributed by atoms with E-state index in [9.17, 15) is 0 Å². The Labute approximate surface area is 185 Å². The van der Waals surface area contributed by atoms with E-state index < -0.39 is 0 Å². The molecule has 1 aliphatic rings. The van der Waals surface area contributed by atoms with Gasteiger partial charge in [-0.15, -0.1) is 0 Å². The smallest absolute Gasteiger partial charge is 0.0605 e. The molecule has 1 atom stereocenters. The second kappa shape index (κ2) is 10.2. The van der Waals surface area contributed by atoms with Crippen LogP contribution < -0.4 is 22.1 Å². The molecule has 1 heterocycles. The molecule has 1 aliphatic heterocycles. The topological polar surface area (TPSA) is 91.7 Å². The summed E-state index contributed by atoms with van der Waals surface area (Å²) in [6.45, 7) is 3.70. The number of nitrogens with two attached hydrogens (primary N) is 2. The Kier molecular flexibility index (Phi) is 7.36. The molecule has 0 amide bonds. The van der Waals surface area contributed by atoms with Crippen molar-refractivity contribution < 1.29 is 0 Å². The van der Waals surface area contributed by atoms with Gasteiger partial charge in [0.2, 0.25) is 0 Å². The van der Waals surface area contributed by atoms with Crippen LogP contribution in [0.5, 0.6) is 0 Å². The van der Waals surface area contributed by atoms with E-state index >= 15 is 0 Å². The standard InChI is InChI=1S/C25H34N6/c1-17(27)25-22-10-7-19(20(14-26)15-28-2)13-23(22)24(11-12-29-25)30-21-8-5-18(6-9-21)16-31(3)4/h5-10,13-15,24,29-30H,11-12,16,26-27H2,1-4H3/b20-14?,25-17-,28-15?. The Hall–Kier alpha value is -3.25. The van der Waals surface area contributed by atoms with Gasteiger partial charge < -0.3 is 27.0 Å². The minimum atomic E-state index is 0.136. The molecule has 0 radical (unpaired) electrons. The summed E-state index contributed by atoms with van der Waals surface area (Å²) in [5, 5.41) is 7.25. The Balaban J connectivity index is 1.99. The first-order valence-electron chi connectivity index (χ1n) is 10.6. The number of nitrogens with zero attached hydrogens (tertiary/aromatic N) is 2. The third kappa shape index (κ3) is 5.47. The quantitative estimate of drug-likeness (QED) is 0.539. The van der Waals surface area contributed by atoms with Crippen LogP contribution >= 0.6 is 0 Å². The molecule has 1 unspecified atom stereocenters. The summed E-state index contributed by atoms with van der Waals surface area (Å²) in [6.07, 6.45) is 4.31. The van der Waals surface area contributed by atoms with Crippen molar-refractivity contribution in [3.8, 4) is 0 Å². The molecule has 0 aliphatic carbocycles. The Morgan fingerprint density at radius 3 is 2.58 bits per heavy atom. The largest absolute Gasteiger partial charge is 0.404 e. The van der Waals surface area contributed by atoms with Gasteiger partial charge in [0.25, 0.3) is 0 Å². The maximum absolute atomic E-state index is 6.22. The number of hydrogen-bond donors (Lipinski definition) is 4. The molecule has 2 aromatic rings. The van der Waals surface area contributed by atoms with E-state index in [2.05, 4.69) is 77.1 Å². The van der Waals surface area contributed by atoms with Gasteiger partial charge in [0.15, 0.2) is 0 Å². The van der Waals surface area contributed by atoms with Crippen LogP contribution in [0, 0.1) is 0 Å². The predicted molar refractivity (Wildman–Crippen MR) is 133 cm³/mol. The lowest BCUT2D eigenvalue weighted by Gasteiger charge is -2.22. The number of hydrogen-bond acceptors (Lipinski definition) is 6. The summed E-state index contributed by atoms with van der Waals surface area (Å²) in [5.41, 5.74) is 20.5. The Morgan fingerprint density at radius 2 is 1.97 bits per heavy atom. The molecule has 0 saturated heterocycles. The SMILES string of the molecule is CN=CC(=CN)c1ccc2c(c1)C(Nc1ccc(CN(C)C)cc1)CCN/C2=C(/C)N. The maximum Gasteiger partial charge on any atom is 0.0605 e. The second-order valence-electron chi connectivity index (χ2n) is 8.22. The van der Waals surface area contributed by atoms with Gasteiger partial charge in [0.05, 0.1) is 11.7 Å². The van der Waals surface area contributed by atoms with Gasteiger partial charge in [-0.2, -0.15) is 0 Å². The van der Waals surface area contributed by atoms with E-state index in [-0.39, 0.29) is 6.04 Å². The Bertz CT molecular complexity index is 982. The fourth-order valence-electron chi connectivity index (χ4n) is 3.98. The molecule has 6 heteroatoms. The minimum absolute atomic E-state index is 0.136. The number of benzene rings is 2. The molecule has 0 fully saturated rings. The highest BCUT2D eigenvalue weighted by Crippen LogP contribution is 2.34. The predicted octanol–water partition coefficient (Wildman–Crippen LogP) is 3.54. The number of rotatable bonds is 6. The fourth-order valence-corrected chi connectivity index (χ4v) is 3.98. The highest BCUT2D eigenvalue weighted by molar-refractivity contribution is 6.09. The van der Waals surface area contributed by atoms with Crippen molar-refractivity contribution >= 4 is 23.2 Å². The van der Waals surface area contributed by atoms with Gasteiger partial charge in [-0.3, -0.25) is 4.99 Å². The summed E-state index contributed by atoms with van der Waals surface area (Å²) >= 11 is 0. The van der Waals surface area contributed by atoms with Crippen molar-refractivity contribution in [3.05, 3.63) is 76.6 Å². The zero-order valence-electron chi connectivity index (χ0n) is 18.9. The monoisotopic (exact) mass is 418 g/mol. The van der Waals surface area contributed by atoms with Gasteiger partial charge >= 0.3 is 0 Å². The summed E-state index contributed by atoms with van der Waals surface area (Å²) < 4.78 is 0. The fraction of sp³-hybridized carbons (Fsp3) is 0.320. The first kappa shape index (κ1) is 22.4. The number of fused-ring (bicyclic) bond motifs is 1. The van der Waals surface area contributed by atoms with Crippen LogP contribution in [0.4, 0.5) is 5.69 Å². The molecule has 0 bridgehead atoms. The second-order valence-corrected chi connectivity index (χ2v) is 8.22. The third-order valence-corrected chi connectivity index (χ3v) is 5.40. The molecule has 0 aromatic heterocycles. The van der Waals surface area contributed by atoms with Crippen molar-refractivity contribution in [2.24, 2.45) is 16.5 Å². The molecule has 31 heavy (non-hydrogen) atoms. The number of aliphatic imine (C=N–C) groups is 1. The summed E-state index contributed by atoms with van der Waals surface area (Å²) in [4.78, 5) is 6.31. The van der Waals surface area contributed by atoms with E-state index in [1.54, 1.807) is 19.5 Å². The number of allylic oxidation sites excluding steroid dienone is 2. The van der Waals surface area contributed by atoms with E-state index in [0.29, 0.717) is 0 Å². The molecule has 0 spiro atoms. The van der Waals surface area contributed by atoms with Gasteiger partial charge in [0, 0.05) is 55.1 Å². The summed E-state index contributed by atoms with van der Waals surface area (Å²) in [6, 6.07) is 15.2. The van der Waals surface area contributed by atoms with Crippen LogP contribution in [0.3, 0.4) is 0 Å². The molecule has 2 aromatic carbocycles. The van der Waals surface area contributed by atoms with Gasteiger partial charge in [-0.25, -0.2) is 0 Å². The van der Waals surface area contributed by atoms with Gasteiger partial charge in [0.1, 0.15) is 0 Å². The lowest BCUT2D eigenvalue weighted by atomic mass is 9.92. The average Bonchev–Trinajstić information content (AvgIpc) is 2.92. The number of anilines is 1.